The van der Waals surface area contributed by atoms with Crippen LogP contribution in [0.1, 0.15) is 20.3 Å². The number of nitrogens with zero attached hydrogens (tertiary/aromatic N) is 1. The Morgan fingerprint density at radius 3 is 2.80 bits per heavy atom. The van der Waals surface area contributed by atoms with Crippen LogP contribution in [-0.4, -0.2) is 39.4 Å². The molecule has 1 N–H and O–H groups in total. The molecule has 0 saturated carbocycles. The third kappa shape index (κ3) is 3.17. The maximum atomic E-state index is 11.6. The van der Waals surface area contributed by atoms with Crippen LogP contribution in [0.5, 0.6) is 0 Å². The summed E-state index contributed by atoms with van der Waals surface area (Å²) < 4.78 is 0.499. The minimum absolute atomic E-state index is 0.0506. The summed E-state index contributed by atoms with van der Waals surface area (Å²) in [5.74, 6) is -0.223. The summed E-state index contributed by atoms with van der Waals surface area (Å²) >= 11 is 6.34. The van der Waals surface area contributed by atoms with Crippen LogP contribution in [0.2, 0.25) is 0 Å². The number of carbonyl (C=O) groups is 2. The van der Waals surface area contributed by atoms with E-state index in [2.05, 4.69) is 5.32 Å². The minimum atomic E-state index is -0.156. The SMILES string of the molecule is CCCNC(=O)CN1C(=O)C(C)SC1=S. The molecule has 1 aliphatic heterocycles. The third-order valence-electron chi connectivity index (χ3n) is 1.99. The van der Waals surface area contributed by atoms with Gasteiger partial charge in [0.05, 0.1) is 5.25 Å². The first-order valence-corrected chi connectivity index (χ1v) is 6.13. The zero-order valence-electron chi connectivity index (χ0n) is 8.78. The second-order valence-electron chi connectivity index (χ2n) is 3.30. The molecule has 1 aliphatic rings. The Labute approximate surface area is 98.8 Å². The van der Waals surface area contributed by atoms with Crippen LogP contribution >= 0.6 is 24.0 Å². The molecule has 1 fully saturated rings. The molecule has 0 bridgehead atoms. The lowest BCUT2D eigenvalue weighted by molar-refractivity contribution is -0.131. The van der Waals surface area contributed by atoms with Crippen molar-refractivity contribution in [3.63, 3.8) is 0 Å². The van der Waals surface area contributed by atoms with E-state index in [-0.39, 0.29) is 23.6 Å². The number of thiocarbonyl (C=S) groups is 1. The highest BCUT2D eigenvalue weighted by Crippen LogP contribution is 2.26. The Kier molecular flexibility index (Phi) is 4.53. The number of rotatable bonds is 4. The molecular weight excluding hydrogens is 232 g/mol. The molecule has 0 radical (unpaired) electrons. The average Bonchev–Trinajstić information content (AvgIpc) is 2.42. The predicted molar refractivity (Wildman–Crippen MR) is 64.7 cm³/mol. The van der Waals surface area contributed by atoms with Gasteiger partial charge in [0, 0.05) is 6.54 Å². The van der Waals surface area contributed by atoms with E-state index < -0.39 is 0 Å². The number of carbonyl (C=O) groups excluding carboxylic acids is 2. The molecular formula is C9H14N2O2S2. The van der Waals surface area contributed by atoms with E-state index in [1.165, 1.54) is 16.7 Å². The normalized spacial score (nSPS) is 20.9. The molecule has 84 valence electrons. The Morgan fingerprint density at radius 2 is 2.33 bits per heavy atom. The molecule has 1 heterocycles. The number of amides is 2. The quantitative estimate of drug-likeness (QED) is 0.744. The lowest BCUT2D eigenvalue weighted by Crippen LogP contribution is -2.40. The van der Waals surface area contributed by atoms with Gasteiger partial charge in [-0.15, -0.1) is 0 Å². The monoisotopic (exact) mass is 246 g/mol. The molecule has 1 rings (SSSR count). The highest BCUT2D eigenvalue weighted by molar-refractivity contribution is 8.24. The van der Waals surface area contributed by atoms with Crippen molar-refractivity contribution in [1.82, 2.24) is 10.2 Å². The summed E-state index contributed by atoms with van der Waals surface area (Å²) in [5.41, 5.74) is 0. The van der Waals surface area contributed by atoms with Gasteiger partial charge in [0.2, 0.25) is 11.8 Å². The fourth-order valence-corrected chi connectivity index (χ4v) is 2.58. The van der Waals surface area contributed by atoms with Crippen molar-refractivity contribution in [2.24, 2.45) is 0 Å². The van der Waals surface area contributed by atoms with Gasteiger partial charge in [-0.25, -0.2) is 0 Å². The molecule has 0 aromatic carbocycles. The molecule has 0 spiro atoms. The van der Waals surface area contributed by atoms with E-state index in [4.69, 9.17) is 12.2 Å². The molecule has 2 amide bonds. The van der Waals surface area contributed by atoms with Crippen molar-refractivity contribution >= 4 is 40.1 Å². The second kappa shape index (κ2) is 5.46. The summed E-state index contributed by atoms with van der Waals surface area (Å²) in [6, 6.07) is 0. The second-order valence-corrected chi connectivity index (χ2v) is 5.27. The van der Waals surface area contributed by atoms with Gasteiger partial charge in [0.25, 0.3) is 0 Å². The van der Waals surface area contributed by atoms with Crippen molar-refractivity contribution in [2.45, 2.75) is 25.5 Å². The van der Waals surface area contributed by atoms with Crippen molar-refractivity contribution in [3.8, 4) is 0 Å². The smallest absolute Gasteiger partial charge is 0.241 e. The third-order valence-corrected chi connectivity index (χ3v) is 3.47. The fourth-order valence-electron chi connectivity index (χ4n) is 1.18. The summed E-state index contributed by atoms with van der Waals surface area (Å²) in [5, 5.41) is 2.56. The maximum absolute atomic E-state index is 11.6. The lowest BCUT2D eigenvalue weighted by Gasteiger charge is -2.14. The van der Waals surface area contributed by atoms with Gasteiger partial charge in [-0.3, -0.25) is 14.5 Å². The first-order chi connectivity index (χ1) is 7.06. The summed E-state index contributed by atoms with van der Waals surface area (Å²) in [7, 11) is 0. The Hall–Kier alpha value is -0.620. The van der Waals surface area contributed by atoms with E-state index in [0.29, 0.717) is 10.9 Å². The average molecular weight is 246 g/mol. The van der Waals surface area contributed by atoms with Crippen LogP contribution in [0.25, 0.3) is 0 Å². The molecule has 0 aliphatic carbocycles. The van der Waals surface area contributed by atoms with Crippen LogP contribution in [0.4, 0.5) is 0 Å². The van der Waals surface area contributed by atoms with E-state index in [1.54, 1.807) is 6.92 Å². The number of nitrogens with one attached hydrogen (secondary N) is 1. The van der Waals surface area contributed by atoms with Crippen LogP contribution in [0.3, 0.4) is 0 Å². The number of hydrogen-bond donors (Lipinski definition) is 1. The highest BCUT2D eigenvalue weighted by atomic mass is 32.2. The van der Waals surface area contributed by atoms with Gasteiger partial charge >= 0.3 is 0 Å². The largest absolute Gasteiger partial charge is 0.355 e. The summed E-state index contributed by atoms with van der Waals surface area (Å²) in [6.45, 7) is 4.46. The van der Waals surface area contributed by atoms with Crippen LogP contribution in [0, 0.1) is 0 Å². The van der Waals surface area contributed by atoms with Gasteiger partial charge in [0.1, 0.15) is 10.9 Å². The fraction of sp³-hybridized carbons (Fsp3) is 0.667. The zero-order valence-corrected chi connectivity index (χ0v) is 10.4. The molecule has 0 aromatic heterocycles. The van der Waals surface area contributed by atoms with E-state index >= 15 is 0 Å². The standard InChI is InChI=1S/C9H14N2O2S2/c1-3-4-10-7(12)5-11-8(13)6(2)15-9(11)14/h6H,3-5H2,1-2H3,(H,10,12). The number of hydrogen-bond acceptors (Lipinski definition) is 4. The van der Waals surface area contributed by atoms with Crippen LogP contribution < -0.4 is 5.32 Å². The molecule has 1 saturated heterocycles. The van der Waals surface area contributed by atoms with Crippen molar-refractivity contribution in [3.05, 3.63) is 0 Å². The van der Waals surface area contributed by atoms with E-state index in [0.717, 1.165) is 6.42 Å². The lowest BCUT2D eigenvalue weighted by atomic mass is 10.4. The molecule has 6 heteroatoms. The Balaban J connectivity index is 2.47. The number of thioether (sulfide) groups is 1. The topological polar surface area (TPSA) is 49.4 Å². The minimum Gasteiger partial charge on any atom is -0.355 e. The predicted octanol–water partition coefficient (Wildman–Crippen LogP) is 0.761. The highest BCUT2D eigenvalue weighted by Gasteiger charge is 2.34. The van der Waals surface area contributed by atoms with E-state index in [1.807, 2.05) is 6.92 Å². The molecule has 0 aromatic rings. The van der Waals surface area contributed by atoms with Gasteiger partial charge in [-0.1, -0.05) is 30.9 Å². The maximum Gasteiger partial charge on any atom is 0.241 e. The van der Waals surface area contributed by atoms with Gasteiger partial charge in [0.15, 0.2) is 0 Å². The van der Waals surface area contributed by atoms with Crippen LogP contribution in [-0.2, 0) is 9.59 Å². The van der Waals surface area contributed by atoms with Gasteiger partial charge in [-0.2, -0.15) is 0 Å². The van der Waals surface area contributed by atoms with Crippen molar-refractivity contribution < 1.29 is 9.59 Å². The van der Waals surface area contributed by atoms with E-state index in [9.17, 15) is 9.59 Å². The zero-order chi connectivity index (χ0) is 11.4. The van der Waals surface area contributed by atoms with Gasteiger partial charge in [-0.05, 0) is 13.3 Å². The Bertz CT molecular complexity index is 294. The molecule has 15 heavy (non-hydrogen) atoms. The Morgan fingerprint density at radius 1 is 1.67 bits per heavy atom. The molecule has 1 atom stereocenters. The molecule has 4 nitrogen and oxygen atoms in total. The summed E-state index contributed by atoms with van der Waals surface area (Å²) in [6.07, 6.45) is 0.884. The van der Waals surface area contributed by atoms with Gasteiger partial charge < -0.3 is 5.32 Å². The summed E-state index contributed by atoms with van der Waals surface area (Å²) in [4.78, 5) is 24.3. The first kappa shape index (κ1) is 12.4. The van der Waals surface area contributed by atoms with Crippen molar-refractivity contribution in [2.75, 3.05) is 13.1 Å². The van der Waals surface area contributed by atoms with Crippen molar-refractivity contribution in [1.29, 1.82) is 0 Å². The van der Waals surface area contributed by atoms with Crippen LogP contribution in [0.15, 0.2) is 0 Å². The molecule has 1 unspecified atom stereocenters. The first-order valence-electron chi connectivity index (χ1n) is 4.85.